The SMILES string of the molecule is CC(=O)NCCc1ccc(C(=O)COc2cc(C)ccc2[N+](=O)[O-])s1. The topological polar surface area (TPSA) is 98.5 Å². The first kappa shape index (κ1) is 18.6. The number of ether oxygens (including phenoxy) is 1. The Morgan fingerprint density at radius 3 is 2.72 bits per heavy atom. The number of benzene rings is 1. The quantitative estimate of drug-likeness (QED) is 0.442. The van der Waals surface area contributed by atoms with Crippen LogP contribution in [-0.2, 0) is 11.2 Å². The van der Waals surface area contributed by atoms with Crippen molar-refractivity contribution in [3.05, 3.63) is 55.8 Å². The number of carbonyl (C=O) groups is 2. The Morgan fingerprint density at radius 2 is 2.04 bits per heavy atom. The van der Waals surface area contributed by atoms with Gasteiger partial charge in [-0.1, -0.05) is 6.07 Å². The zero-order chi connectivity index (χ0) is 18.4. The molecule has 0 saturated heterocycles. The molecule has 0 spiro atoms. The predicted molar refractivity (Wildman–Crippen MR) is 94.4 cm³/mol. The van der Waals surface area contributed by atoms with E-state index in [4.69, 9.17) is 4.74 Å². The summed E-state index contributed by atoms with van der Waals surface area (Å²) in [6.45, 7) is 3.48. The number of nitro benzene ring substituents is 1. The van der Waals surface area contributed by atoms with Gasteiger partial charge in [0.05, 0.1) is 9.80 Å². The Labute approximate surface area is 148 Å². The molecule has 0 aliphatic carbocycles. The van der Waals surface area contributed by atoms with Crippen LogP contribution in [0.5, 0.6) is 5.75 Å². The number of carbonyl (C=O) groups excluding carboxylic acids is 2. The minimum Gasteiger partial charge on any atom is -0.478 e. The van der Waals surface area contributed by atoms with Gasteiger partial charge in [-0.25, -0.2) is 0 Å². The van der Waals surface area contributed by atoms with Gasteiger partial charge in [0.1, 0.15) is 0 Å². The Morgan fingerprint density at radius 1 is 1.28 bits per heavy atom. The number of aryl methyl sites for hydroxylation is 1. The number of thiophene rings is 1. The minimum atomic E-state index is -0.537. The molecule has 0 unspecified atom stereocenters. The summed E-state index contributed by atoms with van der Waals surface area (Å²) in [5.74, 6) is -0.256. The summed E-state index contributed by atoms with van der Waals surface area (Å²) in [7, 11) is 0. The van der Waals surface area contributed by atoms with Crippen molar-refractivity contribution in [2.24, 2.45) is 0 Å². The van der Waals surface area contributed by atoms with E-state index in [1.807, 2.05) is 6.07 Å². The van der Waals surface area contributed by atoms with E-state index >= 15 is 0 Å². The molecule has 2 rings (SSSR count). The van der Waals surface area contributed by atoms with Gasteiger partial charge in [-0.2, -0.15) is 0 Å². The number of Topliss-reactive ketones (excluding diaryl/α,β-unsaturated/α-hetero) is 1. The first-order chi connectivity index (χ1) is 11.9. The van der Waals surface area contributed by atoms with E-state index < -0.39 is 4.92 Å². The molecule has 0 aliphatic heterocycles. The molecule has 1 N–H and O–H groups in total. The maximum atomic E-state index is 12.2. The van der Waals surface area contributed by atoms with Crippen molar-refractivity contribution in [1.29, 1.82) is 0 Å². The number of hydrogen-bond acceptors (Lipinski definition) is 6. The van der Waals surface area contributed by atoms with Gasteiger partial charge in [0.15, 0.2) is 12.4 Å². The third-order valence-electron chi connectivity index (χ3n) is 3.35. The Kier molecular flexibility index (Phi) is 6.24. The molecule has 1 amide bonds. The Hall–Kier alpha value is -2.74. The molecule has 8 heteroatoms. The van der Waals surface area contributed by atoms with Crippen LogP contribution in [0.15, 0.2) is 30.3 Å². The van der Waals surface area contributed by atoms with E-state index in [-0.39, 0.29) is 29.7 Å². The van der Waals surface area contributed by atoms with E-state index in [1.54, 1.807) is 25.1 Å². The van der Waals surface area contributed by atoms with Gasteiger partial charge in [-0.15, -0.1) is 11.3 Å². The highest BCUT2D eigenvalue weighted by Gasteiger charge is 2.17. The van der Waals surface area contributed by atoms with Crippen LogP contribution in [-0.4, -0.2) is 29.8 Å². The van der Waals surface area contributed by atoms with Crippen LogP contribution >= 0.6 is 11.3 Å². The van der Waals surface area contributed by atoms with E-state index in [0.717, 1.165) is 10.4 Å². The van der Waals surface area contributed by atoms with Gasteiger partial charge < -0.3 is 10.1 Å². The van der Waals surface area contributed by atoms with Gasteiger partial charge in [0, 0.05) is 24.4 Å². The monoisotopic (exact) mass is 362 g/mol. The average molecular weight is 362 g/mol. The fourth-order valence-electron chi connectivity index (χ4n) is 2.13. The molecule has 1 aromatic carbocycles. The summed E-state index contributed by atoms with van der Waals surface area (Å²) in [4.78, 5) is 35.0. The maximum absolute atomic E-state index is 12.2. The third kappa shape index (κ3) is 5.39. The van der Waals surface area contributed by atoms with Gasteiger partial charge in [-0.3, -0.25) is 19.7 Å². The number of rotatable bonds is 8. The molecule has 1 heterocycles. The second-order valence-corrected chi connectivity index (χ2v) is 6.61. The van der Waals surface area contributed by atoms with Gasteiger partial charge in [0.2, 0.25) is 11.7 Å². The van der Waals surface area contributed by atoms with E-state index in [9.17, 15) is 19.7 Å². The number of nitrogens with zero attached hydrogens (tertiary/aromatic N) is 1. The Balaban J connectivity index is 1.97. The van der Waals surface area contributed by atoms with Crippen LogP contribution in [0.3, 0.4) is 0 Å². The summed E-state index contributed by atoms with van der Waals surface area (Å²) >= 11 is 1.33. The third-order valence-corrected chi connectivity index (χ3v) is 4.54. The fraction of sp³-hybridized carbons (Fsp3) is 0.294. The standard InChI is InChI=1S/C17H18N2O5S/c1-11-3-5-14(19(22)23)16(9-11)24-10-15(21)17-6-4-13(25-17)7-8-18-12(2)20/h3-6,9H,7-8,10H2,1-2H3,(H,18,20). The van der Waals surface area contributed by atoms with Crippen LogP contribution < -0.4 is 10.1 Å². The van der Waals surface area contributed by atoms with Crippen LogP contribution in [0.2, 0.25) is 0 Å². The molecule has 0 aliphatic rings. The highest BCUT2D eigenvalue weighted by molar-refractivity contribution is 7.14. The zero-order valence-corrected chi connectivity index (χ0v) is 14.7. The lowest BCUT2D eigenvalue weighted by molar-refractivity contribution is -0.385. The summed E-state index contributed by atoms with van der Waals surface area (Å²) in [5.41, 5.74) is 0.644. The molecular weight excluding hydrogens is 344 g/mol. The molecule has 2 aromatic rings. The number of ketones is 1. The molecule has 0 atom stereocenters. The van der Waals surface area contributed by atoms with E-state index in [0.29, 0.717) is 17.8 Å². The summed E-state index contributed by atoms with van der Waals surface area (Å²) < 4.78 is 5.38. The van der Waals surface area contributed by atoms with Crippen LogP contribution in [0.25, 0.3) is 0 Å². The van der Waals surface area contributed by atoms with Gasteiger partial charge in [-0.05, 0) is 37.1 Å². The highest BCUT2D eigenvalue weighted by Crippen LogP contribution is 2.28. The van der Waals surface area contributed by atoms with Crippen molar-refractivity contribution in [3.63, 3.8) is 0 Å². The van der Waals surface area contributed by atoms with Crippen molar-refractivity contribution in [2.75, 3.05) is 13.2 Å². The molecule has 0 radical (unpaired) electrons. The molecule has 1 aromatic heterocycles. The van der Waals surface area contributed by atoms with Crippen LogP contribution in [0.4, 0.5) is 5.69 Å². The smallest absolute Gasteiger partial charge is 0.310 e. The van der Waals surface area contributed by atoms with Gasteiger partial charge >= 0.3 is 5.69 Å². The first-order valence-electron chi connectivity index (χ1n) is 7.61. The summed E-state index contributed by atoms with van der Waals surface area (Å²) in [6, 6.07) is 8.05. The molecular formula is C17H18N2O5S. The van der Waals surface area contributed by atoms with Crippen molar-refractivity contribution in [2.45, 2.75) is 20.3 Å². The van der Waals surface area contributed by atoms with Gasteiger partial charge in [0.25, 0.3) is 0 Å². The van der Waals surface area contributed by atoms with Crippen molar-refractivity contribution < 1.29 is 19.2 Å². The lowest BCUT2D eigenvalue weighted by Crippen LogP contribution is -2.22. The number of nitro groups is 1. The normalized spacial score (nSPS) is 10.3. The largest absolute Gasteiger partial charge is 0.478 e. The zero-order valence-electron chi connectivity index (χ0n) is 13.9. The van der Waals surface area contributed by atoms with Crippen molar-refractivity contribution >= 4 is 28.7 Å². The first-order valence-corrected chi connectivity index (χ1v) is 8.42. The maximum Gasteiger partial charge on any atom is 0.310 e. The molecule has 0 fully saturated rings. The number of hydrogen-bond donors (Lipinski definition) is 1. The lowest BCUT2D eigenvalue weighted by atomic mass is 10.2. The number of nitrogens with one attached hydrogen (secondary N) is 1. The van der Waals surface area contributed by atoms with Crippen molar-refractivity contribution in [3.8, 4) is 5.75 Å². The predicted octanol–water partition coefficient (Wildman–Crippen LogP) is 2.91. The minimum absolute atomic E-state index is 0.0841. The highest BCUT2D eigenvalue weighted by atomic mass is 32.1. The molecule has 0 bridgehead atoms. The second kappa shape index (κ2) is 8.39. The average Bonchev–Trinajstić information content (AvgIpc) is 3.01. The molecule has 0 saturated carbocycles. The van der Waals surface area contributed by atoms with E-state index in [1.165, 1.54) is 24.3 Å². The molecule has 7 nitrogen and oxygen atoms in total. The number of amides is 1. The van der Waals surface area contributed by atoms with Crippen LogP contribution in [0.1, 0.15) is 27.0 Å². The fourth-order valence-corrected chi connectivity index (χ4v) is 3.06. The summed E-state index contributed by atoms with van der Waals surface area (Å²) in [6.07, 6.45) is 0.641. The summed E-state index contributed by atoms with van der Waals surface area (Å²) in [5, 5.41) is 13.7. The second-order valence-electron chi connectivity index (χ2n) is 5.44. The van der Waals surface area contributed by atoms with E-state index in [2.05, 4.69) is 5.32 Å². The molecule has 25 heavy (non-hydrogen) atoms. The van der Waals surface area contributed by atoms with Crippen LogP contribution in [0, 0.1) is 17.0 Å². The van der Waals surface area contributed by atoms with Crippen molar-refractivity contribution in [1.82, 2.24) is 5.32 Å². The molecule has 132 valence electrons. The lowest BCUT2D eigenvalue weighted by Gasteiger charge is -2.06. The Bertz CT molecular complexity index is 800.